The van der Waals surface area contributed by atoms with E-state index in [0.29, 0.717) is 23.7 Å². The van der Waals surface area contributed by atoms with Gasteiger partial charge in [-0.1, -0.05) is 78.1 Å². The molecule has 1 N–H and O–H groups in total. The highest BCUT2D eigenvalue weighted by molar-refractivity contribution is 9.10. The summed E-state index contributed by atoms with van der Waals surface area (Å²) in [5, 5.41) is 3.47. The Labute approximate surface area is 250 Å². The third-order valence-corrected chi connectivity index (χ3v) is 8.91. The number of carbonyl (C=O) groups excluding carboxylic acids is 2. The van der Waals surface area contributed by atoms with Crippen molar-refractivity contribution in [3.63, 3.8) is 0 Å². The molecule has 0 aromatic heterocycles. The van der Waals surface area contributed by atoms with E-state index in [1.807, 2.05) is 27.7 Å². The van der Waals surface area contributed by atoms with E-state index in [-0.39, 0.29) is 23.3 Å². The smallest absolute Gasteiger partial charge is 0.264 e. The second-order valence-electron chi connectivity index (χ2n) is 10.0. The standard InChI is InChI=1S/C30H35BrClN3O4S/c1-5-28(30(37)33-18-21(2)3)34(19-23-8-12-25(32)13-9-23)29(36)20-35(26-14-10-24(31)11-15-26)40(38,39)27-16-6-22(4)7-17-27/h6-17,21,28H,5,18-20H2,1-4H3,(H,33,37). The monoisotopic (exact) mass is 647 g/mol. The normalized spacial score (nSPS) is 12.2. The first-order valence-corrected chi connectivity index (χ1v) is 15.7. The van der Waals surface area contributed by atoms with Gasteiger partial charge in [-0.05, 0) is 73.4 Å². The van der Waals surface area contributed by atoms with E-state index in [1.165, 1.54) is 17.0 Å². The zero-order valence-corrected chi connectivity index (χ0v) is 26.3. The van der Waals surface area contributed by atoms with Crippen LogP contribution >= 0.6 is 27.5 Å². The Kier molecular flexibility index (Phi) is 11.2. The van der Waals surface area contributed by atoms with Gasteiger partial charge in [-0.3, -0.25) is 13.9 Å². The molecule has 0 aliphatic heterocycles. The van der Waals surface area contributed by atoms with Crippen LogP contribution in [0.1, 0.15) is 38.3 Å². The zero-order valence-electron chi connectivity index (χ0n) is 23.1. The van der Waals surface area contributed by atoms with Crippen molar-refractivity contribution in [3.8, 4) is 0 Å². The summed E-state index contributed by atoms with van der Waals surface area (Å²) in [7, 11) is -4.11. The summed E-state index contributed by atoms with van der Waals surface area (Å²) in [5.74, 6) is -0.551. The number of rotatable bonds is 12. The summed E-state index contributed by atoms with van der Waals surface area (Å²) in [4.78, 5) is 28.8. The van der Waals surface area contributed by atoms with Crippen LogP contribution in [-0.4, -0.2) is 44.3 Å². The number of anilines is 1. The predicted octanol–water partition coefficient (Wildman–Crippen LogP) is 6.19. The van der Waals surface area contributed by atoms with E-state index in [4.69, 9.17) is 11.6 Å². The molecule has 3 aromatic carbocycles. The van der Waals surface area contributed by atoms with Gasteiger partial charge in [0.1, 0.15) is 12.6 Å². The maximum Gasteiger partial charge on any atom is 0.264 e. The molecule has 0 radical (unpaired) electrons. The lowest BCUT2D eigenvalue weighted by Gasteiger charge is -2.33. The van der Waals surface area contributed by atoms with Crippen molar-refractivity contribution in [2.75, 3.05) is 17.4 Å². The fourth-order valence-corrected chi connectivity index (χ4v) is 5.91. The van der Waals surface area contributed by atoms with Gasteiger partial charge in [0, 0.05) is 22.6 Å². The predicted molar refractivity (Wildman–Crippen MR) is 164 cm³/mol. The van der Waals surface area contributed by atoms with Crippen LogP contribution in [0.5, 0.6) is 0 Å². The molecule has 0 fully saturated rings. The van der Waals surface area contributed by atoms with Crippen LogP contribution in [0.2, 0.25) is 5.02 Å². The number of benzene rings is 3. The van der Waals surface area contributed by atoms with E-state index in [9.17, 15) is 18.0 Å². The molecule has 0 aliphatic carbocycles. The summed E-state index contributed by atoms with van der Waals surface area (Å²) >= 11 is 9.45. The number of aryl methyl sites for hydroxylation is 1. The van der Waals surface area contributed by atoms with Crippen molar-refractivity contribution in [2.24, 2.45) is 5.92 Å². The maximum absolute atomic E-state index is 14.0. The van der Waals surface area contributed by atoms with Gasteiger partial charge in [0.2, 0.25) is 11.8 Å². The largest absolute Gasteiger partial charge is 0.354 e. The summed E-state index contributed by atoms with van der Waals surface area (Å²) < 4.78 is 29.6. The van der Waals surface area contributed by atoms with Gasteiger partial charge in [0.15, 0.2) is 0 Å². The molecular weight excluding hydrogens is 614 g/mol. The van der Waals surface area contributed by atoms with E-state index in [2.05, 4.69) is 21.2 Å². The number of halogens is 2. The minimum atomic E-state index is -4.11. The zero-order chi connectivity index (χ0) is 29.4. The Morgan fingerprint density at radius 1 is 0.950 bits per heavy atom. The molecule has 0 aliphatic rings. The van der Waals surface area contributed by atoms with Crippen molar-refractivity contribution >= 4 is 55.1 Å². The highest BCUT2D eigenvalue weighted by Crippen LogP contribution is 2.26. The van der Waals surface area contributed by atoms with Gasteiger partial charge in [0.05, 0.1) is 10.6 Å². The van der Waals surface area contributed by atoms with Gasteiger partial charge in [-0.2, -0.15) is 0 Å². The second kappa shape index (κ2) is 14.1. The molecule has 7 nitrogen and oxygen atoms in total. The average molecular weight is 649 g/mol. The molecule has 0 spiro atoms. The minimum absolute atomic E-state index is 0.0692. The quantitative estimate of drug-likeness (QED) is 0.254. The molecule has 214 valence electrons. The van der Waals surface area contributed by atoms with E-state index in [0.717, 1.165) is 19.9 Å². The number of hydrogen-bond donors (Lipinski definition) is 1. The van der Waals surface area contributed by atoms with Crippen LogP contribution in [0, 0.1) is 12.8 Å². The first-order chi connectivity index (χ1) is 18.9. The molecule has 1 unspecified atom stereocenters. The summed E-state index contributed by atoms with van der Waals surface area (Å²) in [6, 6.07) is 19.4. The lowest BCUT2D eigenvalue weighted by Crippen LogP contribution is -2.52. The van der Waals surface area contributed by atoms with Gasteiger partial charge >= 0.3 is 0 Å². The van der Waals surface area contributed by atoms with Crippen molar-refractivity contribution in [1.82, 2.24) is 10.2 Å². The van der Waals surface area contributed by atoms with Crippen LogP contribution in [0.25, 0.3) is 0 Å². The third kappa shape index (κ3) is 8.32. The van der Waals surface area contributed by atoms with Crippen LogP contribution < -0.4 is 9.62 Å². The number of hydrogen-bond acceptors (Lipinski definition) is 4. The Balaban J connectivity index is 2.03. The lowest BCUT2D eigenvalue weighted by molar-refractivity contribution is -0.140. The molecule has 0 bridgehead atoms. The first kappa shape index (κ1) is 31.6. The summed E-state index contributed by atoms with van der Waals surface area (Å²) in [6.45, 7) is 7.77. The first-order valence-electron chi connectivity index (χ1n) is 13.1. The number of amides is 2. The Hall–Kier alpha value is -2.88. The second-order valence-corrected chi connectivity index (χ2v) is 13.2. The Morgan fingerprint density at radius 2 is 1.55 bits per heavy atom. The average Bonchev–Trinajstić information content (AvgIpc) is 2.92. The van der Waals surface area contributed by atoms with Crippen molar-refractivity contribution < 1.29 is 18.0 Å². The van der Waals surface area contributed by atoms with Gasteiger partial charge < -0.3 is 10.2 Å². The van der Waals surface area contributed by atoms with E-state index < -0.39 is 28.5 Å². The lowest BCUT2D eigenvalue weighted by atomic mass is 10.1. The van der Waals surface area contributed by atoms with Crippen molar-refractivity contribution in [1.29, 1.82) is 0 Å². The molecule has 3 aromatic rings. The Bertz CT molecular complexity index is 1400. The number of sulfonamides is 1. The molecule has 0 saturated heterocycles. The summed E-state index contributed by atoms with van der Waals surface area (Å²) in [5.41, 5.74) is 2.02. The molecule has 3 rings (SSSR count). The minimum Gasteiger partial charge on any atom is -0.354 e. The van der Waals surface area contributed by atoms with E-state index >= 15 is 0 Å². The topological polar surface area (TPSA) is 86.8 Å². The highest BCUT2D eigenvalue weighted by Gasteiger charge is 2.33. The van der Waals surface area contributed by atoms with Gasteiger partial charge in [0.25, 0.3) is 10.0 Å². The van der Waals surface area contributed by atoms with Gasteiger partial charge in [-0.25, -0.2) is 8.42 Å². The summed E-state index contributed by atoms with van der Waals surface area (Å²) in [6.07, 6.45) is 0.353. The van der Waals surface area contributed by atoms with Crippen molar-refractivity contribution in [2.45, 2.75) is 51.6 Å². The van der Waals surface area contributed by atoms with E-state index in [1.54, 1.807) is 60.7 Å². The molecular formula is C30H35BrClN3O4S. The number of nitrogens with one attached hydrogen (secondary N) is 1. The number of carbonyl (C=O) groups is 2. The molecule has 0 saturated carbocycles. The molecule has 2 amide bonds. The maximum atomic E-state index is 14.0. The molecule has 40 heavy (non-hydrogen) atoms. The number of nitrogens with zero attached hydrogens (tertiary/aromatic N) is 2. The molecule has 0 heterocycles. The molecule has 10 heteroatoms. The Morgan fingerprint density at radius 3 is 2.10 bits per heavy atom. The molecule has 1 atom stereocenters. The van der Waals surface area contributed by atoms with Crippen LogP contribution in [-0.2, 0) is 26.2 Å². The fourth-order valence-electron chi connectivity index (χ4n) is 4.10. The SMILES string of the molecule is CCC(C(=O)NCC(C)C)N(Cc1ccc(Cl)cc1)C(=O)CN(c1ccc(Br)cc1)S(=O)(=O)c1ccc(C)cc1. The van der Waals surface area contributed by atoms with Crippen molar-refractivity contribution in [3.05, 3.63) is 93.4 Å². The highest BCUT2D eigenvalue weighted by atomic mass is 79.9. The fraction of sp³-hybridized carbons (Fsp3) is 0.333. The third-order valence-electron chi connectivity index (χ3n) is 6.34. The van der Waals surface area contributed by atoms with Gasteiger partial charge in [-0.15, -0.1) is 0 Å². The van der Waals surface area contributed by atoms with Crippen LogP contribution in [0.15, 0.2) is 82.2 Å². The van der Waals surface area contributed by atoms with Crippen LogP contribution in [0.3, 0.4) is 0 Å². The van der Waals surface area contributed by atoms with Crippen LogP contribution in [0.4, 0.5) is 5.69 Å².